The van der Waals surface area contributed by atoms with Crippen LogP contribution in [0.2, 0.25) is 0 Å². The molecule has 48 valence electrons. The maximum atomic E-state index is 12.1. The maximum absolute atomic E-state index is 12.1. The Bertz CT molecular complexity index is 156. The van der Waals surface area contributed by atoms with Crippen LogP contribution in [0.25, 0.3) is 0 Å². The summed E-state index contributed by atoms with van der Waals surface area (Å²) in [6.07, 6.45) is 5.17. The lowest BCUT2D eigenvalue weighted by Crippen LogP contribution is -1.65. The molecule has 0 bridgehead atoms. The van der Waals surface area contributed by atoms with Crippen LogP contribution in [-0.4, -0.2) is 6.21 Å². The minimum absolute atomic E-state index is 0.565. The van der Waals surface area contributed by atoms with Crippen molar-refractivity contribution in [1.82, 2.24) is 0 Å². The molecule has 0 heterocycles. The smallest absolute Gasteiger partial charge is 0.212 e. The molecule has 0 radical (unpaired) electrons. The standard InChI is InChI=1S/C7H8FN/c1-3-5-7(8)9-6-4-2/h3-6H,1-2H2/b7-5-,9-6-. The molecule has 1 nitrogen and oxygen atoms in total. The average Bonchev–Trinajstić information content (AvgIpc) is 1.85. The van der Waals surface area contributed by atoms with Gasteiger partial charge in [-0.2, -0.15) is 4.39 Å². The molecule has 2 heteroatoms. The molecular weight excluding hydrogens is 117 g/mol. The number of hydrogen-bond acceptors (Lipinski definition) is 1. The van der Waals surface area contributed by atoms with Crippen LogP contribution >= 0.6 is 0 Å². The van der Waals surface area contributed by atoms with Crippen LogP contribution in [0.5, 0.6) is 0 Å². The Morgan fingerprint density at radius 2 is 2.00 bits per heavy atom. The Hall–Kier alpha value is -1.18. The van der Waals surface area contributed by atoms with Gasteiger partial charge in [0.05, 0.1) is 0 Å². The van der Waals surface area contributed by atoms with Crippen LogP contribution < -0.4 is 0 Å². The van der Waals surface area contributed by atoms with E-state index >= 15 is 0 Å². The van der Waals surface area contributed by atoms with Gasteiger partial charge in [-0.05, 0) is 6.08 Å². The molecule has 0 aromatic rings. The Morgan fingerprint density at radius 3 is 2.44 bits per heavy atom. The third kappa shape index (κ3) is 4.68. The van der Waals surface area contributed by atoms with Crippen molar-refractivity contribution in [2.45, 2.75) is 0 Å². The summed E-state index contributed by atoms with van der Waals surface area (Å²) in [5.74, 6) is -0.565. The molecule has 0 aromatic heterocycles. The van der Waals surface area contributed by atoms with E-state index in [1.807, 2.05) is 0 Å². The lowest BCUT2D eigenvalue weighted by molar-refractivity contribution is 0.630. The van der Waals surface area contributed by atoms with E-state index in [0.717, 1.165) is 0 Å². The molecule has 0 spiro atoms. The molecule has 0 N–H and O–H groups in total. The molecule has 0 atom stereocenters. The monoisotopic (exact) mass is 125 g/mol. The Kier molecular flexibility index (Phi) is 4.32. The Balaban J connectivity index is 3.88. The molecule has 0 aromatic carbocycles. The van der Waals surface area contributed by atoms with Crippen LogP contribution in [0.15, 0.2) is 42.3 Å². The summed E-state index contributed by atoms with van der Waals surface area (Å²) in [7, 11) is 0. The van der Waals surface area contributed by atoms with Crippen molar-refractivity contribution in [3.8, 4) is 0 Å². The quantitative estimate of drug-likeness (QED) is 0.311. The predicted octanol–water partition coefficient (Wildman–Crippen LogP) is 2.24. The lowest BCUT2D eigenvalue weighted by Gasteiger charge is -1.78. The molecule has 0 fully saturated rings. The molecule has 0 saturated heterocycles. The van der Waals surface area contributed by atoms with Crippen molar-refractivity contribution in [2.75, 3.05) is 0 Å². The molecule has 9 heavy (non-hydrogen) atoms. The first-order valence-corrected chi connectivity index (χ1v) is 2.44. The number of nitrogens with zero attached hydrogens (tertiary/aromatic N) is 1. The van der Waals surface area contributed by atoms with Crippen LogP contribution in [0.4, 0.5) is 4.39 Å². The van der Waals surface area contributed by atoms with Crippen molar-refractivity contribution >= 4 is 6.21 Å². The molecule has 0 aliphatic rings. The lowest BCUT2D eigenvalue weighted by atomic mass is 10.6. The summed E-state index contributed by atoms with van der Waals surface area (Å²) in [4.78, 5) is 3.31. The van der Waals surface area contributed by atoms with E-state index in [0.29, 0.717) is 0 Å². The second kappa shape index (κ2) is 4.97. The number of halogens is 1. The average molecular weight is 125 g/mol. The summed E-state index contributed by atoms with van der Waals surface area (Å²) in [5, 5.41) is 0. The molecule has 0 aliphatic carbocycles. The van der Waals surface area contributed by atoms with Gasteiger partial charge in [0, 0.05) is 6.21 Å². The SMILES string of the molecule is C=C/C=N\C(F)=C/C=C. The first-order valence-electron chi connectivity index (χ1n) is 2.44. The van der Waals surface area contributed by atoms with E-state index in [2.05, 4.69) is 18.2 Å². The van der Waals surface area contributed by atoms with Crippen molar-refractivity contribution < 1.29 is 4.39 Å². The third-order valence-corrected chi connectivity index (χ3v) is 0.559. The number of allylic oxidation sites excluding steroid dienone is 3. The Morgan fingerprint density at radius 1 is 1.33 bits per heavy atom. The summed E-state index contributed by atoms with van der Waals surface area (Å²) in [5.41, 5.74) is 0. The van der Waals surface area contributed by atoms with Crippen molar-refractivity contribution in [1.29, 1.82) is 0 Å². The first kappa shape index (κ1) is 7.82. The second-order valence-corrected chi connectivity index (χ2v) is 1.24. The minimum atomic E-state index is -0.565. The fourth-order valence-corrected chi connectivity index (χ4v) is 0.264. The second-order valence-electron chi connectivity index (χ2n) is 1.24. The van der Waals surface area contributed by atoms with Crippen LogP contribution in [0, 0.1) is 0 Å². The van der Waals surface area contributed by atoms with Crippen LogP contribution in [0.3, 0.4) is 0 Å². The van der Waals surface area contributed by atoms with Crippen molar-refractivity contribution in [2.24, 2.45) is 4.99 Å². The van der Waals surface area contributed by atoms with Gasteiger partial charge in [-0.1, -0.05) is 25.3 Å². The summed E-state index contributed by atoms with van der Waals surface area (Å²) in [6.45, 7) is 6.62. The number of aliphatic imine (C=N–C) groups is 1. The van der Waals surface area contributed by atoms with Gasteiger partial charge >= 0.3 is 0 Å². The molecule has 0 amide bonds. The van der Waals surface area contributed by atoms with E-state index in [1.54, 1.807) is 0 Å². The molecule has 0 saturated carbocycles. The number of rotatable bonds is 3. The summed E-state index contributed by atoms with van der Waals surface area (Å²) in [6, 6.07) is 0. The van der Waals surface area contributed by atoms with Crippen molar-refractivity contribution in [3.63, 3.8) is 0 Å². The van der Waals surface area contributed by atoms with Gasteiger partial charge in [-0.25, -0.2) is 4.99 Å². The zero-order chi connectivity index (χ0) is 7.11. The van der Waals surface area contributed by atoms with Gasteiger partial charge in [0.2, 0.25) is 5.95 Å². The maximum Gasteiger partial charge on any atom is 0.212 e. The highest BCUT2D eigenvalue weighted by molar-refractivity contribution is 5.70. The topological polar surface area (TPSA) is 12.4 Å². The molecule has 0 unspecified atom stereocenters. The van der Waals surface area contributed by atoms with Gasteiger partial charge in [0.1, 0.15) is 0 Å². The van der Waals surface area contributed by atoms with Crippen LogP contribution in [0.1, 0.15) is 0 Å². The first-order chi connectivity index (χ1) is 4.31. The highest BCUT2D eigenvalue weighted by atomic mass is 19.1. The van der Waals surface area contributed by atoms with Gasteiger partial charge in [0.25, 0.3) is 0 Å². The number of hydrogen-bond donors (Lipinski definition) is 0. The predicted molar refractivity (Wildman–Crippen MR) is 38.1 cm³/mol. The highest BCUT2D eigenvalue weighted by Crippen LogP contribution is 1.95. The highest BCUT2D eigenvalue weighted by Gasteiger charge is 1.79. The zero-order valence-corrected chi connectivity index (χ0v) is 5.05. The molecular formula is C7H8FN. The van der Waals surface area contributed by atoms with E-state index in [9.17, 15) is 4.39 Å². The fraction of sp³-hybridized carbons (Fsp3) is 0. The summed E-state index contributed by atoms with van der Waals surface area (Å²) >= 11 is 0. The fourth-order valence-electron chi connectivity index (χ4n) is 0.264. The third-order valence-electron chi connectivity index (χ3n) is 0.559. The zero-order valence-electron chi connectivity index (χ0n) is 5.05. The largest absolute Gasteiger partial charge is 0.228 e. The normalized spacial score (nSPS) is 11.9. The van der Waals surface area contributed by atoms with Gasteiger partial charge in [0.15, 0.2) is 0 Å². The van der Waals surface area contributed by atoms with E-state index < -0.39 is 5.95 Å². The summed E-state index contributed by atoms with van der Waals surface area (Å²) < 4.78 is 12.1. The molecule has 0 aliphatic heterocycles. The minimum Gasteiger partial charge on any atom is -0.228 e. The molecule has 0 rings (SSSR count). The van der Waals surface area contributed by atoms with Gasteiger partial charge in [-0.15, -0.1) is 0 Å². The van der Waals surface area contributed by atoms with E-state index in [-0.39, 0.29) is 0 Å². The Labute approximate surface area is 53.9 Å². The van der Waals surface area contributed by atoms with Gasteiger partial charge < -0.3 is 0 Å². The van der Waals surface area contributed by atoms with Crippen molar-refractivity contribution in [3.05, 3.63) is 37.3 Å². The van der Waals surface area contributed by atoms with E-state index in [4.69, 9.17) is 0 Å². The van der Waals surface area contributed by atoms with Crippen LogP contribution in [-0.2, 0) is 0 Å². The van der Waals surface area contributed by atoms with Gasteiger partial charge in [-0.3, -0.25) is 0 Å². The van der Waals surface area contributed by atoms with E-state index in [1.165, 1.54) is 24.4 Å².